The minimum atomic E-state index is -4.55. The third-order valence-electron chi connectivity index (χ3n) is 5.73. The number of nitrogens with zero attached hydrogens (tertiary/aromatic N) is 1. The molecule has 7 nitrogen and oxygen atoms in total. The maximum Gasteiger partial charge on any atom is 0.416 e. The summed E-state index contributed by atoms with van der Waals surface area (Å²) in [6, 6.07) is 23.4. The van der Waals surface area contributed by atoms with Crippen LogP contribution in [0.3, 0.4) is 0 Å². The van der Waals surface area contributed by atoms with E-state index in [1.165, 1.54) is 18.3 Å². The molecule has 2 amide bonds. The number of carbonyl (C=O) groups is 2. The zero-order valence-electron chi connectivity index (χ0n) is 21.5. The molecule has 0 spiro atoms. The molecule has 0 heterocycles. The first-order chi connectivity index (χ1) is 19.2. The lowest BCUT2D eigenvalue weighted by Crippen LogP contribution is -2.24. The zero-order valence-corrected chi connectivity index (χ0v) is 21.5. The molecule has 0 saturated carbocycles. The van der Waals surface area contributed by atoms with E-state index in [2.05, 4.69) is 15.8 Å². The molecular weight excluding hydrogens is 523 g/mol. The van der Waals surface area contributed by atoms with Crippen molar-refractivity contribution in [2.24, 2.45) is 5.10 Å². The Kier molecular flexibility index (Phi) is 9.00. The number of hydrazone groups is 1. The minimum Gasteiger partial charge on any atom is -0.490 e. The number of nitrogens with one attached hydrogen (secondary N) is 2. The molecule has 4 aromatic rings. The molecule has 10 heteroatoms. The molecule has 4 rings (SSSR count). The molecule has 0 unspecified atom stereocenters. The maximum atomic E-state index is 12.8. The van der Waals surface area contributed by atoms with Crippen LogP contribution in [0.25, 0.3) is 10.8 Å². The molecule has 0 fully saturated rings. The predicted octanol–water partition coefficient (Wildman–Crippen LogP) is 6.32. The van der Waals surface area contributed by atoms with Gasteiger partial charge in [0.05, 0.1) is 18.4 Å². The number of rotatable bonds is 10. The smallest absolute Gasteiger partial charge is 0.416 e. The Labute approximate surface area is 228 Å². The van der Waals surface area contributed by atoms with Gasteiger partial charge in [0.1, 0.15) is 13.0 Å². The topological polar surface area (TPSA) is 89.0 Å². The normalized spacial score (nSPS) is 11.4. The molecular formula is C30H26F3N3O4. The molecule has 2 N–H and O–H groups in total. The lowest BCUT2D eigenvalue weighted by molar-refractivity contribution is -0.137. The van der Waals surface area contributed by atoms with Gasteiger partial charge in [0, 0.05) is 5.69 Å². The van der Waals surface area contributed by atoms with Crippen molar-refractivity contribution in [2.75, 3.05) is 11.9 Å². The number of ether oxygens (including phenoxy) is 2. The lowest BCUT2D eigenvalue weighted by atomic mass is 10.1. The van der Waals surface area contributed by atoms with Gasteiger partial charge in [0.2, 0.25) is 11.8 Å². The van der Waals surface area contributed by atoms with E-state index in [0.717, 1.165) is 28.5 Å². The second-order valence-electron chi connectivity index (χ2n) is 8.66. The van der Waals surface area contributed by atoms with Crippen molar-refractivity contribution >= 4 is 34.5 Å². The fourth-order valence-corrected chi connectivity index (χ4v) is 3.91. The van der Waals surface area contributed by atoms with E-state index in [4.69, 9.17) is 9.47 Å². The van der Waals surface area contributed by atoms with Crippen LogP contribution in [0.15, 0.2) is 90.0 Å². The van der Waals surface area contributed by atoms with Crippen LogP contribution < -0.4 is 20.2 Å². The van der Waals surface area contributed by atoms with Gasteiger partial charge < -0.3 is 14.8 Å². The van der Waals surface area contributed by atoms with Crippen molar-refractivity contribution in [1.82, 2.24) is 5.43 Å². The summed E-state index contributed by atoms with van der Waals surface area (Å²) >= 11 is 0. The minimum absolute atomic E-state index is 0.0673. The second-order valence-corrected chi connectivity index (χ2v) is 8.66. The highest BCUT2D eigenvalue weighted by Gasteiger charge is 2.30. The quantitative estimate of drug-likeness (QED) is 0.138. The molecule has 206 valence electrons. The Morgan fingerprint density at radius 3 is 2.45 bits per heavy atom. The predicted molar refractivity (Wildman–Crippen MR) is 146 cm³/mol. The summed E-state index contributed by atoms with van der Waals surface area (Å²) in [4.78, 5) is 24.2. The maximum absolute atomic E-state index is 12.8. The van der Waals surface area contributed by atoms with Crippen molar-refractivity contribution in [3.8, 4) is 11.5 Å². The number of carbonyl (C=O) groups excluding carboxylic acids is 2. The molecule has 0 aliphatic heterocycles. The molecule has 0 bridgehead atoms. The number of anilines is 1. The van der Waals surface area contributed by atoms with Crippen LogP contribution in [0.5, 0.6) is 11.5 Å². The second kappa shape index (κ2) is 12.8. The highest BCUT2D eigenvalue weighted by molar-refractivity contribution is 6.03. The van der Waals surface area contributed by atoms with Crippen LogP contribution in [-0.4, -0.2) is 24.6 Å². The number of hydrogen-bond donors (Lipinski definition) is 2. The molecule has 0 radical (unpaired) electrons. The lowest BCUT2D eigenvalue weighted by Gasteiger charge is -2.13. The third-order valence-corrected chi connectivity index (χ3v) is 5.73. The number of benzene rings is 4. The zero-order chi connectivity index (χ0) is 28.5. The van der Waals surface area contributed by atoms with Gasteiger partial charge in [-0.2, -0.15) is 18.3 Å². The Hall–Kier alpha value is -4.86. The van der Waals surface area contributed by atoms with E-state index in [0.29, 0.717) is 30.3 Å². The molecule has 0 saturated heterocycles. The number of hydrogen-bond acceptors (Lipinski definition) is 5. The number of fused-ring (bicyclic) bond motifs is 1. The summed E-state index contributed by atoms with van der Waals surface area (Å²) in [5.41, 5.74) is 2.90. The van der Waals surface area contributed by atoms with Gasteiger partial charge in [0.25, 0.3) is 0 Å². The van der Waals surface area contributed by atoms with Gasteiger partial charge in [-0.3, -0.25) is 9.59 Å². The standard InChI is InChI=1S/C30H26F3N3O4/c1-2-39-27-15-20(13-14-26(27)40-19-22-9-5-8-21-7-3-4-12-25(21)22)18-34-36-29(38)17-28(37)35-24-11-6-10-23(16-24)30(31,32)33/h3-16,18H,2,17,19H2,1H3,(H,35,37)(H,36,38). The Balaban J connectivity index is 1.33. The van der Waals surface area contributed by atoms with Crippen LogP contribution >= 0.6 is 0 Å². The first-order valence-corrected chi connectivity index (χ1v) is 12.4. The van der Waals surface area contributed by atoms with Crippen LogP contribution in [0.1, 0.15) is 30.0 Å². The Bertz CT molecular complexity index is 1530. The summed E-state index contributed by atoms with van der Waals surface area (Å²) in [5, 5.41) is 8.35. The molecule has 0 aliphatic carbocycles. The highest BCUT2D eigenvalue weighted by atomic mass is 19.4. The van der Waals surface area contributed by atoms with E-state index in [1.54, 1.807) is 18.2 Å². The number of amides is 2. The van der Waals surface area contributed by atoms with E-state index in [-0.39, 0.29) is 5.69 Å². The van der Waals surface area contributed by atoms with Crippen LogP contribution in [0.2, 0.25) is 0 Å². The van der Waals surface area contributed by atoms with Crippen LogP contribution in [0, 0.1) is 0 Å². The largest absolute Gasteiger partial charge is 0.490 e. The number of alkyl halides is 3. The molecule has 0 aromatic heterocycles. The average molecular weight is 550 g/mol. The van der Waals surface area contributed by atoms with Crippen molar-refractivity contribution in [1.29, 1.82) is 0 Å². The van der Waals surface area contributed by atoms with Crippen molar-refractivity contribution < 1.29 is 32.2 Å². The Morgan fingerprint density at radius 2 is 1.65 bits per heavy atom. The summed E-state index contributed by atoms with van der Waals surface area (Å²) in [7, 11) is 0. The van der Waals surface area contributed by atoms with Gasteiger partial charge in [-0.1, -0.05) is 48.5 Å². The summed E-state index contributed by atoms with van der Waals surface area (Å²) in [5.74, 6) is -0.472. The fraction of sp³-hybridized carbons (Fsp3) is 0.167. The number of halogens is 3. The van der Waals surface area contributed by atoms with E-state index in [1.807, 2.05) is 49.4 Å². The molecule has 0 atom stereocenters. The van der Waals surface area contributed by atoms with Gasteiger partial charge in [-0.15, -0.1) is 0 Å². The summed E-state index contributed by atoms with van der Waals surface area (Å²) in [6.45, 7) is 2.59. The van der Waals surface area contributed by atoms with Crippen molar-refractivity contribution in [3.63, 3.8) is 0 Å². The fourth-order valence-electron chi connectivity index (χ4n) is 3.91. The average Bonchev–Trinajstić information content (AvgIpc) is 2.92. The van der Waals surface area contributed by atoms with Crippen molar-refractivity contribution in [3.05, 3.63) is 102 Å². The van der Waals surface area contributed by atoms with Gasteiger partial charge >= 0.3 is 6.18 Å². The molecule has 40 heavy (non-hydrogen) atoms. The first-order valence-electron chi connectivity index (χ1n) is 12.4. The SMILES string of the molecule is CCOc1cc(C=NNC(=O)CC(=O)Nc2cccc(C(F)(F)F)c2)ccc1OCc1cccc2ccccc12. The van der Waals surface area contributed by atoms with E-state index >= 15 is 0 Å². The van der Waals surface area contributed by atoms with Gasteiger partial charge in [0.15, 0.2) is 11.5 Å². The first kappa shape index (κ1) is 28.2. The van der Waals surface area contributed by atoms with E-state index < -0.39 is 30.0 Å². The molecule has 4 aromatic carbocycles. The van der Waals surface area contributed by atoms with Crippen molar-refractivity contribution in [2.45, 2.75) is 26.1 Å². The Morgan fingerprint density at radius 1 is 0.875 bits per heavy atom. The summed E-state index contributed by atoms with van der Waals surface area (Å²) < 4.78 is 50.3. The van der Waals surface area contributed by atoms with Crippen LogP contribution in [-0.2, 0) is 22.4 Å². The summed E-state index contributed by atoms with van der Waals surface area (Å²) in [6.07, 6.45) is -3.80. The highest BCUT2D eigenvalue weighted by Crippen LogP contribution is 2.31. The van der Waals surface area contributed by atoms with Crippen LogP contribution in [0.4, 0.5) is 18.9 Å². The monoisotopic (exact) mass is 549 g/mol. The van der Waals surface area contributed by atoms with Gasteiger partial charge in [-0.05, 0) is 65.2 Å². The molecule has 0 aliphatic rings. The van der Waals surface area contributed by atoms with E-state index in [9.17, 15) is 22.8 Å². The third kappa shape index (κ3) is 7.59. The van der Waals surface area contributed by atoms with Gasteiger partial charge in [-0.25, -0.2) is 5.43 Å².